The van der Waals surface area contributed by atoms with Crippen molar-refractivity contribution in [1.82, 2.24) is 4.98 Å². The average Bonchev–Trinajstić information content (AvgIpc) is 3.00. The number of halogens is 3. The molecule has 0 aliphatic rings. The van der Waals surface area contributed by atoms with Gasteiger partial charge in [-0.2, -0.15) is 13.2 Å². The van der Waals surface area contributed by atoms with Gasteiger partial charge in [0.15, 0.2) is 0 Å². The average molecular weight is 577 g/mol. The Hall–Kier alpha value is -5.17. The van der Waals surface area contributed by atoms with E-state index in [0.29, 0.717) is 18.4 Å². The van der Waals surface area contributed by atoms with Crippen molar-refractivity contribution >= 4 is 33.3 Å². The zero-order chi connectivity index (χ0) is 30.0. The van der Waals surface area contributed by atoms with Gasteiger partial charge in [0.1, 0.15) is 0 Å². The summed E-state index contributed by atoms with van der Waals surface area (Å²) in [6, 6.07) is 33.2. The molecule has 43 heavy (non-hydrogen) atoms. The van der Waals surface area contributed by atoms with Crippen LogP contribution >= 0.6 is 0 Å². The molecule has 0 spiro atoms. The van der Waals surface area contributed by atoms with Gasteiger partial charge in [-0.25, -0.2) is 0 Å². The third-order valence-corrected chi connectivity index (χ3v) is 7.57. The van der Waals surface area contributed by atoms with Gasteiger partial charge in [0.05, 0.1) is 17.5 Å². The smallest absolute Gasteiger partial charge is 0.418 e. The number of hydrogen-bond donors (Lipinski definition) is 2. The third-order valence-electron chi connectivity index (χ3n) is 7.57. The molecule has 0 fully saturated rings. The Labute approximate surface area is 246 Å². The molecule has 0 unspecified atom stereocenters. The van der Waals surface area contributed by atoms with E-state index in [-0.39, 0.29) is 11.9 Å². The lowest BCUT2D eigenvalue weighted by atomic mass is 9.91. The second-order valence-corrected chi connectivity index (χ2v) is 10.5. The number of hydrogen-bond acceptors (Lipinski definition) is 3. The Morgan fingerprint density at radius 1 is 0.744 bits per heavy atom. The van der Waals surface area contributed by atoms with Crippen LogP contribution in [0.15, 0.2) is 115 Å². The zero-order valence-corrected chi connectivity index (χ0v) is 23.0. The van der Waals surface area contributed by atoms with Gasteiger partial charge in [-0.3, -0.25) is 9.78 Å². The maximum atomic E-state index is 13.9. The lowest BCUT2D eigenvalue weighted by molar-refractivity contribution is -0.137. The standard InChI is InChI=1S/C36H27F3N2O2/c37-36(38,39)31-15-7-14-30-34(27(22-41-35(30)31)18-23-8-2-1-3-9-23)26-11-6-10-24(19-26)21-40-32-17-16-25(20-33(42)43)28-12-4-5-13-29(28)32/h1-17,19,22,40H,18,20-21H2,(H,42,43). The van der Waals surface area contributed by atoms with E-state index in [1.807, 2.05) is 91.0 Å². The van der Waals surface area contributed by atoms with E-state index in [0.717, 1.165) is 55.9 Å². The summed E-state index contributed by atoms with van der Waals surface area (Å²) in [6.07, 6.45) is -2.51. The normalized spacial score (nSPS) is 11.6. The molecular weight excluding hydrogens is 549 g/mol. The SMILES string of the molecule is O=C(O)Cc1ccc(NCc2cccc(-c3c(Cc4ccccc4)cnc4c(C(F)(F)F)cccc34)c2)c2ccccc12. The Balaban J connectivity index is 1.40. The van der Waals surface area contributed by atoms with Gasteiger partial charge >= 0.3 is 12.1 Å². The number of aromatic nitrogens is 1. The van der Waals surface area contributed by atoms with Crippen molar-refractivity contribution in [2.75, 3.05) is 5.32 Å². The van der Waals surface area contributed by atoms with E-state index in [1.165, 1.54) is 6.07 Å². The van der Waals surface area contributed by atoms with Crippen LogP contribution in [-0.2, 0) is 30.4 Å². The summed E-state index contributed by atoms with van der Waals surface area (Å²) in [4.78, 5) is 15.7. The maximum absolute atomic E-state index is 13.9. The molecule has 0 bridgehead atoms. The van der Waals surface area contributed by atoms with Crippen LogP contribution in [0.4, 0.5) is 18.9 Å². The molecule has 6 rings (SSSR count). The van der Waals surface area contributed by atoms with Gasteiger partial charge in [-0.05, 0) is 63.4 Å². The number of fused-ring (bicyclic) bond motifs is 2. The lowest BCUT2D eigenvalue weighted by Crippen LogP contribution is -2.07. The number of benzene rings is 5. The van der Waals surface area contributed by atoms with Crippen molar-refractivity contribution in [2.24, 2.45) is 0 Å². The van der Waals surface area contributed by atoms with Crippen LogP contribution in [0, 0.1) is 0 Å². The quantitative estimate of drug-likeness (QED) is 0.190. The lowest BCUT2D eigenvalue weighted by Gasteiger charge is -2.17. The highest BCUT2D eigenvalue weighted by Crippen LogP contribution is 2.39. The second-order valence-electron chi connectivity index (χ2n) is 10.5. The van der Waals surface area contributed by atoms with Crippen LogP contribution in [0.5, 0.6) is 0 Å². The predicted octanol–water partition coefficient (Wildman–Crippen LogP) is 8.90. The number of carboxylic acid groups (broad SMARTS) is 1. The molecule has 0 aliphatic heterocycles. The Morgan fingerprint density at radius 2 is 1.44 bits per heavy atom. The van der Waals surface area contributed by atoms with Crippen molar-refractivity contribution < 1.29 is 23.1 Å². The zero-order valence-electron chi connectivity index (χ0n) is 23.0. The summed E-state index contributed by atoms with van der Waals surface area (Å²) in [5.41, 5.74) is 5.12. The van der Waals surface area contributed by atoms with Crippen LogP contribution < -0.4 is 5.32 Å². The first kappa shape index (κ1) is 28.0. The fourth-order valence-corrected chi connectivity index (χ4v) is 5.65. The molecular formula is C36H27F3N2O2. The van der Waals surface area contributed by atoms with Crippen molar-refractivity contribution in [2.45, 2.75) is 25.6 Å². The predicted molar refractivity (Wildman–Crippen MR) is 164 cm³/mol. The fourth-order valence-electron chi connectivity index (χ4n) is 5.65. The molecule has 2 N–H and O–H groups in total. The molecule has 6 aromatic rings. The van der Waals surface area contributed by atoms with Crippen LogP contribution in [0.1, 0.15) is 27.8 Å². The maximum Gasteiger partial charge on any atom is 0.418 e. The van der Waals surface area contributed by atoms with Gasteiger partial charge in [0, 0.05) is 29.2 Å². The summed E-state index contributed by atoms with van der Waals surface area (Å²) >= 11 is 0. The van der Waals surface area contributed by atoms with Crippen molar-refractivity contribution in [1.29, 1.82) is 0 Å². The number of rotatable bonds is 8. The molecule has 1 heterocycles. The first-order valence-electron chi connectivity index (χ1n) is 13.9. The Morgan fingerprint density at radius 3 is 2.21 bits per heavy atom. The minimum atomic E-state index is -4.53. The summed E-state index contributed by atoms with van der Waals surface area (Å²) in [5.74, 6) is -0.889. The molecule has 0 saturated heterocycles. The minimum Gasteiger partial charge on any atom is -0.481 e. The first-order chi connectivity index (χ1) is 20.8. The van der Waals surface area contributed by atoms with Crippen molar-refractivity contribution in [3.05, 3.63) is 143 Å². The second kappa shape index (κ2) is 11.6. The van der Waals surface area contributed by atoms with Crippen LogP contribution in [-0.4, -0.2) is 16.1 Å². The number of para-hydroxylation sites is 1. The number of alkyl halides is 3. The first-order valence-corrected chi connectivity index (χ1v) is 13.9. The molecule has 7 heteroatoms. The summed E-state index contributed by atoms with van der Waals surface area (Å²) < 4.78 is 41.8. The van der Waals surface area contributed by atoms with Gasteiger partial charge in [-0.15, -0.1) is 0 Å². The monoisotopic (exact) mass is 576 g/mol. The minimum absolute atomic E-state index is 0.0654. The van der Waals surface area contributed by atoms with Crippen LogP contribution in [0.3, 0.4) is 0 Å². The Kier molecular flexibility index (Phi) is 7.55. The van der Waals surface area contributed by atoms with Gasteiger partial charge < -0.3 is 10.4 Å². The highest BCUT2D eigenvalue weighted by Gasteiger charge is 2.33. The van der Waals surface area contributed by atoms with Gasteiger partial charge in [-0.1, -0.05) is 91.0 Å². The summed E-state index contributed by atoms with van der Waals surface area (Å²) in [6.45, 7) is 0.459. The molecule has 0 amide bonds. The molecule has 4 nitrogen and oxygen atoms in total. The highest BCUT2D eigenvalue weighted by atomic mass is 19.4. The van der Waals surface area contributed by atoms with Gasteiger partial charge in [0.2, 0.25) is 0 Å². The molecule has 0 atom stereocenters. The van der Waals surface area contributed by atoms with E-state index < -0.39 is 17.7 Å². The van der Waals surface area contributed by atoms with E-state index in [2.05, 4.69) is 10.3 Å². The number of aliphatic carboxylic acids is 1. The molecule has 0 saturated carbocycles. The molecule has 0 aliphatic carbocycles. The van der Waals surface area contributed by atoms with E-state index >= 15 is 0 Å². The van der Waals surface area contributed by atoms with Crippen LogP contribution in [0.2, 0.25) is 0 Å². The summed E-state index contributed by atoms with van der Waals surface area (Å²) in [7, 11) is 0. The van der Waals surface area contributed by atoms with Crippen LogP contribution in [0.25, 0.3) is 32.8 Å². The third kappa shape index (κ3) is 5.93. The fraction of sp³-hybridized carbons (Fsp3) is 0.111. The highest BCUT2D eigenvalue weighted by molar-refractivity contribution is 5.99. The molecule has 214 valence electrons. The number of carboxylic acids is 1. The topological polar surface area (TPSA) is 62.2 Å². The summed E-state index contributed by atoms with van der Waals surface area (Å²) in [5, 5.41) is 15.0. The molecule has 1 aromatic heterocycles. The van der Waals surface area contributed by atoms with Crippen molar-refractivity contribution in [3.63, 3.8) is 0 Å². The van der Waals surface area contributed by atoms with E-state index in [1.54, 1.807) is 12.3 Å². The molecule has 5 aromatic carbocycles. The Bertz CT molecular complexity index is 1950. The molecule has 0 radical (unpaired) electrons. The van der Waals surface area contributed by atoms with Gasteiger partial charge in [0.25, 0.3) is 0 Å². The van der Waals surface area contributed by atoms with Crippen molar-refractivity contribution in [3.8, 4) is 11.1 Å². The number of nitrogens with zero attached hydrogens (tertiary/aromatic N) is 1. The number of carbonyl (C=O) groups is 1. The largest absolute Gasteiger partial charge is 0.481 e. The number of pyridine rings is 1. The number of nitrogens with one attached hydrogen (secondary N) is 1. The van der Waals surface area contributed by atoms with E-state index in [4.69, 9.17) is 0 Å². The number of anilines is 1. The van der Waals surface area contributed by atoms with E-state index in [9.17, 15) is 23.1 Å².